The van der Waals surface area contributed by atoms with Crippen molar-refractivity contribution in [3.05, 3.63) is 32.9 Å². The fraction of sp³-hybridized carbons (Fsp3) is 0.111. The number of azo groups is 1. The van der Waals surface area contributed by atoms with Crippen molar-refractivity contribution in [2.24, 2.45) is 10.2 Å². The Labute approximate surface area is 109 Å². The molecule has 0 aliphatic rings. The lowest BCUT2D eigenvalue weighted by Crippen LogP contribution is -2.21. The molecule has 2 heterocycles. The van der Waals surface area contributed by atoms with E-state index in [1.54, 1.807) is 0 Å². The Morgan fingerprint density at radius 2 is 2.10 bits per heavy atom. The van der Waals surface area contributed by atoms with Crippen LogP contribution in [0.3, 0.4) is 0 Å². The lowest BCUT2D eigenvalue weighted by atomic mass is 10.4. The Morgan fingerprint density at radius 3 is 2.75 bits per heavy atom. The Kier molecular flexibility index (Phi) is 3.41. The van der Waals surface area contributed by atoms with E-state index in [1.165, 1.54) is 13.4 Å². The normalized spacial score (nSPS) is 10.8. The summed E-state index contributed by atoms with van der Waals surface area (Å²) in [6.07, 6.45) is 1.22. The summed E-state index contributed by atoms with van der Waals surface area (Å²) in [7, 11) is 1.42. The number of H-pyrrole nitrogens is 3. The fourth-order valence-electron chi connectivity index (χ4n) is 1.31. The van der Waals surface area contributed by atoms with Crippen LogP contribution < -0.4 is 16.6 Å². The molecule has 0 aliphatic carbocycles. The Hall–Kier alpha value is -3.24. The van der Waals surface area contributed by atoms with Gasteiger partial charge in [-0.2, -0.15) is 0 Å². The Balaban J connectivity index is 2.41. The summed E-state index contributed by atoms with van der Waals surface area (Å²) >= 11 is 0. The summed E-state index contributed by atoms with van der Waals surface area (Å²) in [4.78, 5) is 43.8. The molecule has 11 heteroatoms. The number of nitrogens with zero attached hydrogens (tertiary/aromatic N) is 3. The molecular formula is C9H9N7O4. The molecule has 0 fully saturated rings. The molecule has 0 aromatic carbocycles. The number of aromatic hydroxyl groups is 1. The van der Waals surface area contributed by atoms with E-state index in [2.05, 4.69) is 25.5 Å². The van der Waals surface area contributed by atoms with Gasteiger partial charge in [0.25, 0.3) is 11.5 Å². The second kappa shape index (κ2) is 5.17. The highest BCUT2D eigenvalue weighted by Gasteiger charge is 2.13. The first kappa shape index (κ1) is 13.2. The van der Waals surface area contributed by atoms with Crippen LogP contribution in [0.25, 0.3) is 0 Å². The Bertz CT molecular complexity index is 784. The first-order valence-corrected chi connectivity index (χ1v) is 5.25. The highest BCUT2D eigenvalue weighted by atomic mass is 16.3. The first-order chi connectivity index (χ1) is 9.52. The van der Waals surface area contributed by atoms with E-state index in [4.69, 9.17) is 0 Å². The maximum atomic E-state index is 11.4. The van der Waals surface area contributed by atoms with Crippen LogP contribution in [0.15, 0.2) is 26.1 Å². The molecule has 0 saturated heterocycles. The zero-order chi connectivity index (χ0) is 14.7. The van der Waals surface area contributed by atoms with Crippen molar-refractivity contribution in [1.82, 2.24) is 25.3 Å². The number of hydrogen-bond donors (Lipinski definition) is 5. The van der Waals surface area contributed by atoms with Crippen molar-refractivity contribution >= 4 is 17.4 Å². The molecule has 2 rings (SSSR count). The van der Waals surface area contributed by atoms with Crippen LogP contribution in [0.5, 0.6) is 5.88 Å². The van der Waals surface area contributed by atoms with Gasteiger partial charge in [0.2, 0.25) is 17.4 Å². The third kappa shape index (κ3) is 2.45. The fourth-order valence-corrected chi connectivity index (χ4v) is 1.31. The van der Waals surface area contributed by atoms with E-state index in [1.807, 2.05) is 9.97 Å². The van der Waals surface area contributed by atoms with Crippen LogP contribution in [-0.2, 0) is 0 Å². The molecular weight excluding hydrogens is 270 g/mol. The van der Waals surface area contributed by atoms with E-state index >= 15 is 0 Å². The number of carbonyl (C=O) groups is 1. The van der Waals surface area contributed by atoms with Gasteiger partial charge in [-0.05, 0) is 0 Å². The molecule has 20 heavy (non-hydrogen) atoms. The molecule has 2 aromatic heterocycles. The number of aromatic nitrogens is 4. The van der Waals surface area contributed by atoms with Gasteiger partial charge in [0, 0.05) is 7.05 Å². The molecule has 0 aliphatic heterocycles. The second-order valence-corrected chi connectivity index (χ2v) is 3.49. The largest absolute Gasteiger partial charge is 0.493 e. The average Bonchev–Trinajstić information content (AvgIpc) is 2.85. The molecule has 0 saturated carbocycles. The van der Waals surface area contributed by atoms with Gasteiger partial charge < -0.3 is 15.4 Å². The molecule has 1 amide bonds. The van der Waals surface area contributed by atoms with Crippen LogP contribution in [0.1, 0.15) is 10.5 Å². The van der Waals surface area contributed by atoms with Gasteiger partial charge in [0.15, 0.2) is 5.69 Å². The topological polar surface area (TPSA) is 168 Å². The van der Waals surface area contributed by atoms with Gasteiger partial charge in [0.05, 0.1) is 6.33 Å². The number of nitrogens with one attached hydrogen (secondary N) is 4. The molecule has 0 atom stereocenters. The van der Waals surface area contributed by atoms with Crippen molar-refractivity contribution in [1.29, 1.82) is 0 Å². The maximum Gasteiger partial charge on any atom is 0.328 e. The Morgan fingerprint density at radius 1 is 1.35 bits per heavy atom. The third-order valence-corrected chi connectivity index (χ3v) is 2.22. The smallest absolute Gasteiger partial charge is 0.328 e. The number of hydrogen-bond acceptors (Lipinski definition) is 7. The van der Waals surface area contributed by atoms with Crippen molar-refractivity contribution in [3.8, 4) is 5.88 Å². The average molecular weight is 279 g/mol. The minimum atomic E-state index is -0.924. The summed E-state index contributed by atoms with van der Waals surface area (Å²) in [5.41, 5.74) is -2.27. The van der Waals surface area contributed by atoms with Crippen LogP contribution in [0.2, 0.25) is 0 Å². The van der Waals surface area contributed by atoms with Gasteiger partial charge in [-0.1, -0.05) is 0 Å². The predicted octanol–water partition coefficient (Wildman–Crippen LogP) is -0.733. The van der Waals surface area contributed by atoms with Crippen molar-refractivity contribution in [3.63, 3.8) is 0 Å². The summed E-state index contributed by atoms with van der Waals surface area (Å²) < 4.78 is 0. The summed E-state index contributed by atoms with van der Waals surface area (Å²) in [6, 6.07) is 0. The second-order valence-electron chi connectivity index (χ2n) is 3.49. The number of rotatable bonds is 3. The van der Waals surface area contributed by atoms with Gasteiger partial charge in [-0.25, -0.2) is 9.78 Å². The number of aromatic amines is 3. The highest BCUT2D eigenvalue weighted by Crippen LogP contribution is 2.20. The monoisotopic (exact) mass is 279 g/mol. The quantitative estimate of drug-likeness (QED) is 0.465. The molecule has 0 spiro atoms. The van der Waals surface area contributed by atoms with E-state index in [0.717, 1.165) is 0 Å². The zero-order valence-corrected chi connectivity index (χ0v) is 10.1. The van der Waals surface area contributed by atoms with Crippen LogP contribution >= 0.6 is 0 Å². The maximum absolute atomic E-state index is 11.4. The van der Waals surface area contributed by atoms with Gasteiger partial charge >= 0.3 is 5.69 Å². The van der Waals surface area contributed by atoms with Crippen molar-refractivity contribution < 1.29 is 9.90 Å². The SMILES string of the molecule is CNC(=O)c1[nH]cnc1N=Nc1c(O)[nH]c(=O)[nH]c1=O. The number of carbonyl (C=O) groups excluding carboxylic acids is 1. The molecule has 0 bridgehead atoms. The standard InChI is InChI=1S/C9H9N7O4/c1-10-6(17)3-5(12-2-11-3)16-15-4-7(18)13-9(20)14-8(4)19/h2H,1H3,(H,10,17)(H,11,12)(H3,13,14,18,19,20). The molecule has 5 N–H and O–H groups in total. The van der Waals surface area contributed by atoms with Gasteiger partial charge in [0.1, 0.15) is 0 Å². The molecule has 0 radical (unpaired) electrons. The van der Waals surface area contributed by atoms with Crippen molar-refractivity contribution in [2.75, 3.05) is 7.05 Å². The number of amides is 1. The van der Waals surface area contributed by atoms with Crippen LogP contribution in [-0.4, -0.2) is 38.0 Å². The van der Waals surface area contributed by atoms with E-state index in [0.29, 0.717) is 0 Å². The number of imidazole rings is 1. The summed E-state index contributed by atoms with van der Waals surface area (Å²) in [5, 5.41) is 18.8. The van der Waals surface area contributed by atoms with Gasteiger partial charge in [-0.3, -0.25) is 19.6 Å². The van der Waals surface area contributed by atoms with Crippen molar-refractivity contribution in [2.45, 2.75) is 0 Å². The molecule has 11 nitrogen and oxygen atoms in total. The third-order valence-electron chi connectivity index (χ3n) is 2.22. The lowest BCUT2D eigenvalue weighted by molar-refractivity contribution is 0.0959. The highest BCUT2D eigenvalue weighted by molar-refractivity contribution is 5.95. The predicted molar refractivity (Wildman–Crippen MR) is 65.5 cm³/mol. The van der Waals surface area contributed by atoms with E-state index in [9.17, 15) is 19.5 Å². The lowest BCUT2D eigenvalue weighted by Gasteiger charge is -1.96. The molecule has 104 valence electrons. The minimum Gasteiger partial charge on any atom is -0.493 e. The summed E-state index contributed by atoms with van der Waals surface area (Å²) in [6.45, 7) is 0. The first-order valence-electron chi connectivity index (χ1n) is 5.25. The van der Waals surface area contributed by atoms with E-state index in [-0.39, 0.29) is 11.5 Å². The van der Waals surface area contributed by atoms with Crippen LogP contribution in [0, 0.1) is 0 Å². The van der Waals surface area contributed by atoms with E-state index < -0.39 is 28.7 Å². The summed E-state index contributed by atoms with van der Waals surface area (Å²) in [5.74, 6) is -1.29. The minimum absolute atomic E-state index is 0.0385. The zero-order valence-electron chi connectivity index (χ0n) is 10.1. The molecule has 0 unspecified atom stereocenters. The van der Waals surface area contributed by atoms with Crippen LogP contribution in [0.4, 0.5) is 11.5 Å². The molecule has 2 aromatic rings. The van der Waals surface area contributed by atoms with Gasteiger partial charge in [-0.15, -0.1) is 10.2 Å².